The number of H-pyrrole nitrogens is 2. The number of aliphatic imine (C=N–C) groups is 1. The fraction of sp³-hybridized carbons (Fsp3) is 0.378. The molecule has 2 aromatic heterocycles. The molecule has 0 bridgehead atoms. The molecule has 2 heterocycles. The quantitative estimate of drug-likeness (QED) is 0.0323. The molecular weight excluding hydrogens is 712 g/mol. The number of nitrogens with one attached hydrogen (secondary N) is 6. The van der Waals surface area contributed by atoms with Crippen molar-refractivity contribution in [2.45, 2.75) is 76.2 Å². The number of carboxylic acids is 2. The Bertz CT molecular complexity index is 2040. The van der Waals surface area contributed by atoms with Crippen molar-refractivity contribution in [3.8, 4) is 0 Å². The Balaban J connectivity index is 1.56. The third kappa shape index (κ3) is 11.5. The molecular formula is C37H48N10O8. The van der Waals surface area contributed by atoms with E-state index in [0.717, 1.165) is 27.4 Å². The number of aromatic nitrogens is 2. The average Bonchev–Trinajstić information content (AvgIpc) is 3.74. The largest absolute Gasteiger partial charge is 0.481 e. The highest BCUT2D eigenvalue weighted by Crippen LogP contribution is 2.21. The maximum Gasteiger partial charge on any atom is 0.326 e. The van der Waals surface area contributed by atoms with E-state index in [-0.39, 0.29) is 38.2 Å². The molecule has 14 N–H and O–H groups in total. The Hall–Kier alpha value is -6.43. The summed E-state index contributed by atoms with van der Waals surface area (Å²) in [6, 6.07) is 7.89. The molecule has 4 aromatic rings. The Morgan fingerprint density at radius 3 is 1.76 bits per heavy atom. The van der Waals surface area contributed by atoms with Gasteiger partial charge in [-0.2, -0.15) is 0 Å². The molecule has 0 radical (unpaired) electrons. The SMILES string of the molecule is CC(C)[C@H](NC(=O)[C@H](Cc1c[nH]c2ccccc12)NC(=O)[C@H](CCCN=C(N)N)NC(=O)[C@H](CC(=O)O)NC(=O)[C@@H](N)Cc1c[nH]c2ccccc12)C(=O)O. The summed E-state index contributed by atoms with van der Waals surface area (Å²) in [5.41, 5.74) is 20.1. The Labute approximate surface area is 316 Å². The molecule has 294 valence electrons. The number of carbonyl (C=O) groups is 6. The first-order chi connectivity index (χ1) is 26.1. The Kier molecular flexibility index (Phi) is 14.3. The summed E-state index contributed by atoms with van der Waals surface area (Å²) in [4.78, 5) is 88.5. The van der Waals surface area contributed by atoms with Crippen molar-refractivity contribution in [1.82, 2.24) is 31.2 Å². The molecule has 0 aliphatic heterocycles. The first-order valence-electron chi connectivity index (χ1n) is 17.7. The number of guanidine groups is 1. The van der Waals surface area contributed by atoms with Crippen LogP contribution in [0.15, 0.2) is 65.9 Å². The number of nitrogens with zero attached hydrogens (tertiary/aromatic N) is 1. The number of hydrogen-bond acceptors (Lipinski definition) is 8. The van der Waals surface area contributed by atoms with Crippen LogP contribution in [0.2, 0.25) is 0 Å². The van der Waals surface area contributed by atoms with Crippen molar-refractivity contribution in [2.75, 3.05) is 6.54 Å². The van der Waals surface area contributed by atoms with E-state index in [1.165, 1.54) is 0 Å². The van der Waals surface area contributed by atoms with Gasteiger partial charge < -0.3 is 58.6 Å². The molecule has 2 aromatic carbocycles. The minimum atomic E-state index is -1.64. The molecule has 0 spiro atoms. The van der Waals surface area contributed by atoms with Gasteiger partial charge in [-0.15, -0.1) is 0 Å². The van der Waals surface area contributed by atoms with Gasteiger partial charge in [0.1, 0.15) is 24.2 Å². The molecule has 18 heteroatoms. The van der Waals surface area contributed by atoms with Crippen LogP contribution in [0.1, 0.15) is 44.2 Å². The maximum atomic E-state index is 14.0. The normalized spacial score (nSPS) is 14.0. The van der Waals surface area contributed by atoms with E-state index in [2.05, 4.69) is 36.2 Å². The lowest BCUT2D eigenvalue weighted by Gasteiger charge is -2.27. The molecule has 18 nitrogen and oxygen atoms in total. The lowest BCUT2D eigenvalue weighted by atomic mass is 10.0. The molecule has 0 aliphatic rings. The zero-order valence-electron chi connectivity index (χ0n) is 30.5. The number of carboxylic acid groups (broad SMARTS) is 2. The highest BCUT2D eigenvalue weighted by Gasteiger charge is 2.33. The van der Waals surface area contributed by atoms with Gasteiger partial charge in [0.2, 0.25) is 23.6 Å². The van der Waals surface area contributed by atoms with Crippen LogP contribution in [-0.4, -0.2) is 98.5 Å². The highest BCUT2D eigenvalue weighted by atomic mass is 16.4. The van der Waals surface area contributed by atoms with Gasteiger partial charge in [-0.25, -0.2) is 4.79 Å². The van der Waals surface area contributed by atoms with Crippen molar-refractivity contribution < 1.29 is 39.0 Å². The van der Waals surface area contributed by atoms with E-state index in [0.29, 0.717) is 5.56 Å². The van der Waals surface area contributed by atoms with E-state index in [9.17, 15) is 39.0 Å². The first kappa shape index (κ1) is 41.3. The maximum absolute atomic E-state index is 14.0. The number of rotatable bonds is 20. The van der Waals surface area contributed by atoms with E-state index in [4.69, 9.17) is 17.2 Å². The van der Waals surface area contributed by atoms with E-state index >= 15 is 0 Å². The summed E-state index contributed by atoms with van der Waals surface area (Å²) < 4.78 is 0. The van der Waals surface area contributed by atoms with Gasteiger partial charge in [0.05, 0.1) is 12.5 Å². The van der Waals surface area contributed by atoms with E-state index in [1.54, 1.807) is 32.3 Å². The van der Waals surface area contributed by atoms with Gasteiger partial charge in [0, 0.05) is 47.2 Å². The minimum absolute atomic E-state index is 0.0628. The zero-order chi connectivity index (χ0) is 40.2. The second-order valence-electron chi connectivity index (χ2n) is 13.5. The molecule has 0 saturated heterocycles. The molecule has 5 atom stereocenters. The molecule has 0 saturated carbocycles. The van der Waals surface area contributed by atoms with E-state index in [1.807, 2.05) is 42.5 Å². The molecule has 0 unspecified atom stereocenters. The average molecular weight is 761 g/mol. The Morgan fingerprint density at radius 2 is 1.22 bits per heavy atom. The van der Waals surface area contributed by atoms with E-state index < -0.39 is 78.1 Å². The lowest BCUT2D eigenvalue weighted by Crippen LogP contribution is -2.59. The van der Waals surface area contributed by atoms with Gasteiger partial charge in [0.25, 0.3) is 0 Å². The number of nitrogens with two attached hydrogens (primary N) is 3. The van der Waals surface area contributed by atoms with Gasteiger partial charge in [-0.05, 0) is 48.4 Å². The van der Waals surface area contributed by atoms with Gasteiger partial charge in [0.15, 0.2) is 5.96 Å². The summed E-state index contributed by atoms with van der Waals surface area (Å²) >= 11 is 0. The topological polar surface area (TPSA) is 313 Å². The smallest absolute Gasteiger partial charge is 0.326 e. The minimum Gasteiger partial charge on any atom is -0.481 e. The number of aliphatic carboxylic acids is 2. The highest BCUT2D eigenvalue weighted by molar-refractivity contribution is 5.97. The van der Waals surface area contributed by atoms with Crippen LogP contribution in [-0.2, 0) is 41.6 Å². The monoisotopic (exact) mass is 760 g/mol. The van der Waals surface area contributed by atoms with Crippen LogP contribution in [0.4, 0.5) is 0 Å². The third-order valence-corrected chi connectivity index (χ3v) is 9.00. The summed E-state index contributed by atoms with van der Waals surface area (Å²) in [5, 5.41) is 31.1. The van der Waals surface area contributed by atoms with Gasteiger partial charge in [-0.1, -0.05) is 50.2 Å². The van der Waals surface area contributed by atoms with Crippen LogP contribution in [0.3, 0.4) is 0 Å². The van der Waals surface area contributed by atoms with Crippen LogP contribution in [0.5, 0.6) is 0 Å². The summed E-state index contributed by atoms with van der Waals surface area (Å²) in [5.74, 6) is -6.80. The number of amides is 4. The molecule has 4 rings (SSSR count). The first-order valence-corrected chi connectivity index (χ1v) is 17.7. The standard InChI is InChI=1S/C37H48N10O8/c1-19(2)31(36(54)55)47-35(53)28(15-21-18-43-26-11-6-4-9-23(21)26)46-33(51)27(12-7-13-41-37(39)40)44-34(52)29(16-30(48)49)45-32(50)24(38)14-20-17-42-25-10-5-3-8-22(20)25/h3-6,8-11,17-19,24,27-29,31,42-43H,7,12-16,38H2,1-2H3,(H,44,52)(H,45,50)(H,46,51)(H,47,53)(H,48,49)(H,54,55)(H4,39,40,41)/t24-,27-,28-,29-,31-/m0/s1. The fourth-order valence-electron chi connectivity index (χ4n) is 6.11. The Morgan fingerprint density at radius 1 is 0.709 bits per heavy atom. The number of para-hydroxylation sites is 2. The number of carbonyl (C=O) groups excluding carboxylic acids is 4. The summed E-state index contributed by atoms with van der Waals surface area (Å²) in [6.45, 7) is 3.31. The van der Waals surface area contributed by atoms with Crippen molar-refractivity contribution in [3.05, 3.63) is 72.1 Å². The van der Waals surface area contributed by atoms with Crippen LogP contribution >= 0.6 is 0 Å². The van der Waals surface area contributed by atoms with Crippen molar-refractivity contribution in [3.63, 3.8) is 0 Å². The predicted octanol–water partition coefficient (Wildman–Crippen LogP) is -0.0302. The van der Waals surface area contributed by atoms with Crippen LogP contribution in [0, 0.1) is 5.92 Å². The second-order valence-corrected chi connectivity index (χ2v) is 13.5. The second kappa shape index (κ2) is 19.1. The molecule has 4 amide bonds. The lowest BCUT2D eigenvalue weighted by molar-refractivity contribution is -0.143. The summed E-state index contributed by atoms with van der Waals surface area (Å²) in [7, 11) is 0. The number of hydrogen-bond donors (Lipinski definition) is 11. The van der Waals surface area contributed by atoms with Crippen molar-refractivity contribution in [2.24, 2.45) is 28.1 Å². The fourth-order valence-corrected chi connectivity index (χ4v) is 6.11. The number of fused-ring (bicyclic) bond motifs is 2. The van der Waals surface area contributed by atoms with Crippen LogP contribution < -0.4 is 38.5 Å². The third-order valence-electron chi connectivity index (χ3n) is 9.00. The van der Waals surface area contributed by atoms with Crippen LogP contribution in [0.25, 0.3) is 21.8 Å². The van der Waals surface area contributed by atoms with Gasteiger partial charge in [-0.3, -0.25) is 29.0 Å². The molecule has 55 heavy (non-hydrogen) atoms. The number of benzene rings is 2. The zero-order valence-corrected chi connectivity index (χ0v) is 30.5. The van der Waals surface area contributed by atoms with Gasteiger partial charge >= 0.3 is 11.9 Å². The summed E-state index contributed by atoms with van der Waals surface area (Å²) in [6.07, 6.45) is 2.64. The predicted molar refractivity (Wildman–Crippen MR) is 204 cm³/mol. The number of aromatic amines is 2. The molecule has 0 fully saturated rings. The van der Waals surface area contributed by atoms with Crippen molar-refractivity contribution in [1.29, 1.82) is 0 Å². The molecule has 0 aliphatic carbocycles. The van der Waals surface area contributed by atoms with Crippen molar-refractivity contribution >= 4 is 63.3 Å².